The zero-order valence-corrected chi connectivity index (χ0v) is 16.7. The van der Waals surface area contributed by atoms with Crippen molar-refractivity contribution in [2.45, 2.75) is 46.6 Å². The molecule has 0 saturated heterocycles. The summed E-state index contributed by atoms with van der Waals surface area (Å²) in [4.78, 5) is 4.75. The van der Waals surface area contributed by atoms with Gasteiger partial charge >= 0.3 is 0 Å². The molecule has 6 heteroatoms. The predicted molar refractivity (Wildman–Crippen MR) is 108 cm³/mol. The number of hydrogen-bond acceptors (Lipinski definition) is 4. The molecule has 0 spiro atoms. The first-order chi connectivity index (χ1) is 13.0. The van der Waals surface area contributed by atoms with Gasteiger partial charge in [-0.15, -0.1) is 0 Å². The molecule has 2 aromatic heterocycles. The van der Waals surface area contributed by atoms with Crippen LogP contribution in [0.25, 0.3) is 11.0 Å². The molecule has 3 aromatic rings. The van der Waals surface area contributed by atoms with Gasteiger partial charge in [0.1, 0.15) is 17.1 Å². The van der Waals surface area contributed by atoms with Crippen LogP contribution in [0, 0.1) is 13.8 Å². The van der Waals surface area contributed by atoms with E-state index in [4.69, 9.17) is 13.9 Å². The van der Waals surface area contributed by atoms with Crippen LogP contribution in [-0.2, 0) is 0 Å². The van der Waals surface area contributed by atoms with Crippen molar-refractivity contribution in [3.63, 3.8) is 0 Å². The smallest absolute Gasteiger partial charge is 0.191 e. The number of fused-ring (bicyclic) bond motifs is 1. The fourth-order valence-corrected chi connectivity index (χ4v) is 3.33. The minimum absolute atomic E-state index is 0.00423. The van der Waals surface area contributed by atoms with E-state index in [0.29, 0.717) is 6.54 Å². The molecule has 0 aliphatic rings. The van der Waals surface area contributed by atoms with E-state index in [-0.39, 0.29) is 12.0 Å². The number of aromatic nitrogens is 1. The van der Waals surface area contributed by atoms with Gasteiger partial charge in [-0.05, 0) is 39.8 Å². The summed E-state index contributed by atoms with van der Waals surface area (Å²) in [6.45, 7) is 11.6. The highest BCUT2D eigenvalue weighted by Gasteiger charge is 2.17. The van der Waals surface area contributed by atoms with Crippen LogP contribution >= 0.6 is 0 Å². The van der Waals surface area contributed by atoms with E-state index in [1.54, 1.807) is 0 Å². The Morgan fingerprint density at radius 3 is 2.67 bits per heavy atom. The second kappa shape index (κ2) is 8.29. The summed E-state index contributed by atoms with van der Waals surface area (Å²) in [5.41, 5.74) is 2.97. The molecule has 0 radical (unpaired) electrons. The Labute approximate surface area is 160 Å². The summed E-state index contributed by atoms with van der Waals surface area (Å²) in [5.74, 6) is 2.75. The van der Waals surface area contributed by atoms with E-state index in [1.165, 1.54) is 0 Å². The maximum absolute atomic E-state index is 5.96. The molecule has 1 aromatic carbocycles. The van der Waals surface area contributed by atoms with E-state index < -0.39 is 0 Å². The molecule has 0 aliphatic carbocycles. The predicted octanol–water partition coefficient (Wildman–Crippen LogP) is 4.46. The highest BCUT2D eigenvalue weighted by atomic mass is 16.5. The van der Waals surface area contributed by atoms with Gasteiger partial charge < -0.3 is 19.6 Å². The largest absolute Gasteiger partial charge is 0.459 e. The van der Waals surface area contributed by atoms with Gasteiger partial charge in [0.25, 0.3) is 0 Å². The van der Waals surface area contributed by atoms with Crippen LogP contribution in [0.4, 0.5) is 0 Å². The normalized spacial score (nSPS) is 14.3. The third kappa shape index (κ3) is 4.32. The van der Waals surface area contributed by atoms with Crippen molar-refractivity contribution < 1.29 is 8.94 Å². The van der Waals surface area contributed by atoms with Crippen molar-refractivity contribution in [1.82, 2.24) is 15.8 Å². The topological polar surface area (TPSA) is 75.6 Å². The Bertz CT molecular complexity index is 873. The van der Waals surface area contributed by atoms with E-state index in [0.717, 1.165) is 46.3 Å². The molecule has 2 unspecified atom stereocenters. The van der Waals surface area contributed by atoms with E-state index in [1.807, 2.05) is 32.0 Å². The number of guanidine groups is 1. The molecule has 0 fully saturated rings. The summed E-state index contributed by atoms with van der Waals surface area (Å²) >= 11 is 0. The quantitative estimate of drug-likeness (QED) is 0.496. The summed E-state index contributed by atoms with van der Waals surface area (Å²) in [5, 5.41) is 11.9. The van der Waals surface area contributed by atoms with Gasteiger partial charge in [-0.1, -0.05) is 30.3 Å². The number of nitrogens with zero attached hydrogens (tertiary/aromatic N) is 2. The molecular weight excluding hydrogens is 340 g/mol. The first kappa shape index (κ1) is 19.0. The van der Waals surface area contributed by atoms with Crippen molar-refractivity contribution in [3.8, 4) is 0 Å². The summed E-state index contributed by atoms with van der Waals surface area (Å²) < 4.78 is 11.2. The highest BCUT2D eigenvalue weighted by molar-refractivity contribution is 5.81. The molecule has 6 nitrogen and oxygen atoms in total. The molecule has 0 aliphatic heterocycles. The Kier molecular flexibility index (Phi) is 5.84. The maximum atomic E-state index is 5.96. The van der Waals surface area contributed by atoms with Crippen LogP contribution in [0.5, 0.6) is 0 Å². The van der Waals surface area contributed by atoms with Crippen molar-refractivity contribution in [2.75, 3.05) is 13.1 Å². The number of furan rings is 1. The third-order valence-electron chi connectivity index (χ3n) is 4.67. The summed E-state index contributed by atoms with van der Waals surface area (Å²) in [7, 11) is 0. The minimum Gasteiger partial charge on any atom is -0.459 e. The van der Waals surface area contributed by atoms with Crippen LogP contribution in [0.3, 0.4) is 0 Å². The van der Waals surface area contributed by atoms with E-state index >= 15 is 0 Å². The zero-order chi connectivity index (χ0) is 19.4. The van der Waals surface area contributed by atoms with Gasteiger partial charge in [-0.3, -0.25) is 4.99 Å². The van der Waals surface area contributed by atoms with Crippen LogP contribution in [0.1, 0.15) is 55.5 Å². The minimum atomic E-state index is 0.00423. The highest BCUT2D eigenvalue weighted by Crippen LogP contribution is 2.24. The fourth-order valence-electron chi connectivity index (χ4n) is 3.33. The van der Waals surface area contributed by atoms with E-state index in [9.17, 15) is 0 Å². The Balaban J connectivity index is 1.71. The van der Waals surface area contributed by atoms with Crippen LogP contribution < -0.4 is 10.6 Å². The maximum Gasteiger partial charge on any atom is 0.191 e. The van der Waals surface area contributed by atoms with Crippen molar-refractivity contribution in [3.05, 3.63) is 53.1 Å². The number of aliphatic imine (C=N–C) groups is 1. The molecule has 2 N–H and O–H groups in total. The lowest BCUT2D eigenvalue weighted by Crippen LogP contribution is -2.38. The molecule has 3 rings (SSSR count). The molecule has 144 valence electrons. The van der Waals surface area contributed by atoms with Crippen molar-refractivity contribution in [1.29, 1.82) is 0 Å². The Morgan fingerprint density at radius 2 is 2.00 bits per heavy atom. The number of benzene rings is 1. The lowest BCUT2D eigenvalue weighted by atomic mass is 10.00. The van der Waals surface area contributed by atoms with Crippen molar-refractivity contribution in [2.24, 2.45) is 4.99 Å². The molecular formula is C21H28N4O2. The second-order valence-electron chi connectivity index (χ2n) is 6.91. The first-order valence-corrected chi connectivity index (χ1v) is 9.45. The number of aryl methyl sites for hydroxylation is 2. The Morgan fingerprint density at radius 1 is 1.22 bits per heavy atom. The SMILES string of the molecule is CCNC(=NCC(C)c1c(C)noc1C)NC(C)c1cc2ccccc2o1. The van der Waals surface area contributed by atoms with Crippen LogP contribution in [-0.4, -0.2) is 24.2 Å². The monoisotopic (exact) mass is 368 g/mol. The van der Waals surface area contributed by atoms with Gasteiger partial charge in [-0.25, -0.2) is 0 Å². The van der Waals surface area contributed by atoms with Gasteiger partial charge in [0.05, 0.1) is 11.7 Å². The first-order valence-electron chi connectivity index (χ1n) is 9.45. The number of hydrogen-bond donors (Lipinski definition) is 2. The average Bonchev–Trinajstić information content (AvgIpc) is 3.23. The number of para-hydroxylation sites is 1. The number of nitrogens with one attached hydrogen (secondary N) is 2. The van der Waals surface area contributed by atoms with Crippen LogP contribution in [0.15, 0.2) is 44.3 Å². The zero-order valence-electron chi connectivity index (χ0n) is 16.7. The van der Waals surface area contributed by atoms with Gasteiger partial charge in [0.2, 0.25) is 0 Å². The van der Waals surface area contributed by atoms with Crippen LogP contribution in [0.2, 0.25) is 0 Å². The van der Waals surface area contributed by atoms with E-state index in [2.05, 4.69) is 48.7 Å². The molecule has 0 saturated carbocycles. The molecule has 2 atom stereocenters. The number of rotatable bonds is 6. The Hall–Kier alpha value is -2.76. The molecule has 0 bridgehead atoms. The summed E-state index contributed by atoms with van der Waals surface area (Å²) in [6.07, 6.45) is 0. The molecule has 0 amide bonds. The fraction of sp³-hybridized carbons (Fsp3) is 0.429. The van der Waals surface area contributed by atoms with Gasteiger partial charge in [-0.2, -0.15) is 0 Å². The molecule has 2 heterocycles. The van der Waals surface area contributed by atoms with Gasteiger partial charge in [0.15, 0.2) is 5.96 Å². The summed E-state index contributed by atoms with van der Waals surface area (Å²) in [6, 6.07) is 10.1. The lowest BCUT2D eigenvalue weighted by Gasteiger charge is -2.17. The van der Waals surface area contributed by atoms with Crippen molar-refractivity contribution >= 4 is 16.9 Å². The third-order valence-corrected chi connectivity index (χ3v) is 4.67. The standard InChI is InChI=1S/C21H28N4O2/c1-6-22-21(23-12-13(2)20-15(4)25-27-16(20)5)24-14(3)19-11-17-9-7-8-10-18(17)26-19/h7-11,13-14H,6,12H2,1-5H3,(H2,22,23,24). The molecule has 27 heavy (non-hydrogen) atoms. The average molecular weight is 368 g/mol. The van der Waals surface area contributed by atoms with Gasteiger partial charge in [0, 0.05) is 30.0 Å². The second-order valence-corrected chi connectivity index (χ2v) is 6.91. The lowest BCUT2D eigenvalue weighted by molar-refractivity contribution is 0.391.